The van der Waals surface area contributed by atoms with Gasteiger partial charge in [0, 0.05) is 6.54 Å². The summed E-state index contributed by atoms with van der Waals surface area (Å²) < 4.78 is 73.8. The number of amides is 1. The van der Waals surface area contributed by atoms with Crippen LogP contribution in [0, 0.1) is 13.8 Å². The summed E-state index contributed by atoms with van der Waals surface area (Å²) in [5.41, 5.74) is 1.84. The molecule has 3 aromatic rings. The van der Waals surface area contributed by atoms with Crippen LogP contribution in [0.2, 0.25) is 0 Å². The minimum absolute atomic E-state index is 0.0505. The number of anilines is 1. The number of hydrogen-bond acceptors (Lipinski definition) is 5. The van der Waals surface area contributed by atoms with Gasteiger partial charge in [-0.3, -0.25) is 13.8 Å². The summed E-state index contributed by atoms with van der Waals surface area (Å²) in [6.45, 7) is 0.868. The molecule has 3 heterocycles. The normalized spacial score (nSPS) is 13.9. The van der Waals surface area contributed by atoms with Crippen molar-refractivity contribution < 1.29 is 30.8 Å². The van der Waals surface area contributed by atoms with Crippen LogP contribution < -0.4 is 4.31 Å². The zero-order valence-corrected chi connectivity index (χ0v) is 19.4. The number of carbonyl (C=O) groups excluding carboxylic acids is 1. The van der Waals surface area contributed by atoms with Crippen molar-refractivity contribution in [1.29, 1.82) is 0 Å². The van der Waals surface area contributed by atoms with E-state index in [0.717, 1.165) is 10.2 Å². The van der Waals surface area contributed by atoms with Crippen LogP contribution in [-0.2, 0) is 34.3 Å². The van der Waals surface area contributed by atoms with Gasteiger partial charge in [-0.1, -0.05) is 18.2 Å². The lowest BCUT2D eigenvalue weighted by Gasteiger charge is -2.23. The summed E-state index contributed by atoms with van der Waals surface area (Å²) in [5.74, 6) is -0.670. The molecule has 0 bridgehead atoms. The highest BCUT2D eigenvalue weighted by Crippen LogP contribution is 2.34. The number of halogens is 3. The molecule has 4 rings (SSSR count). The van der Waals surface area contributed by atoms with E-state index in [1.54, 1.807) is 12.1 Å². The SMILES string of the molecule is Cc1nn(CC(=O)N(Cc2ccco2)CC(F)(F)F)c(C)c1S(=O)(=O)N1CCc2ccccc21. The van der Waals surface area contributed by atoms with E-state index < -0.39 is 35.2 Å². The van der Waals surface area contributed by atoms with Gasteiger partial charge in [-0.15, -0.1) is 0 Å². The molecule has 0 N–H and O–H groups in total. The number of hydrogen-bond donors (Lipinski definition) is 0. The predicted molar refractivity (Wildman–Crippen MR) is 117 cm³/mol. The van der Waals surface area contributed by atoms with Crippen LogP contribution in [-0.4, -0.2) is 48.3 Å². The standard InChI is InChI=1S/C22H23F3N4O4S/c1-15-21(34(31,32)29-10-9-17-6-3-4-8-19(17)29)16(2)28(26-15)13-20(30)27(14-22(23,24)25)12-18-7-5-11-33-18/h3-8,11H,9-10,12-14H2,1-2H3. The van der Waals surface area contributed by atoms with Crippen LogP contribution >= 0.6 is 0 Å². The van der Waals surface area contributed by atoms with Gasteiger partial charge in [0.15, 0.2) is 0 Å². The Hall–Kier alpha value is -3.28. The first-order chi connectivity index (χ1) is 16.0. The molecule has 0 spiro atoms. The molecule has 1 amide bonds. The maximum atomic E-state index is 13.5. The fourth-order valence-corrected chi connectivity index (χ4v) is 6.02. The highest BCUT2D eigenvalue weighted by Gasteiger charge is 2.36. The first-order valence-corrected chi connectivity index (χ1v) is 11.9. The number of alkyl halides is 3. The van der Waals surface area contributed by atoms with Crippen LogP contribution in [0.3, 0.4) is 0 Å². The van der Waals surface area contributed by atoms with Gasteiger partial charge in [0.2, 0.25) is 5.91 Å². The molecule has 34 heavy (non-hydrogen) atoms. The van der Waals surface area contributed by atoms with Gasteiger partial charge < -0.3 is 9.32 Å². The zero-order chi connectivity index (χ0) is 24.7. The van der Waals surface area contributed by atoms with Crippen molar-refractivity contribution in [3.63, 3.8) is 0 Å². The van der Waals surface area contributed by atoms with Crippen LogP contribution in [0.5, 0.6) is 0 Å². The molecule has 0 saturated carbocycles. The zero-order valence-electron chi connectivity index (χ0n) is 18.5. The molecule has 182 valence electrons. The van der Waals surface area contributed by atoms with Crippen molar-refractivity contribution in [2.45, 2.75) is 44.4 Å². The smallest absolute Gasteiger partial charge is 0.406 e. The van der Waals surface area contributed by atoms with Crippen molar-refractivity contribution in [3.8, 4) is 0 Å². The molecule has 2 aromatic heterocycles. The Morgan fingerprint density at radius 1 is 1.18 bits per heavy atom. The average Bonchev–Trinajstić information content (AvgIpc) is 3.46. The fraction of sp³-hybridized carbons (Fsp3) is 0.364. The number of rotatable bonds is 7. The minimum Gasteiger partial charge on any atom is -0.467 e. The van der Waals surface area contributed by atoms with Gasteiger partial charge in [-0.05, 0) is 44.0 Å². The van der Waals surface area contributed by atoms with Crippen molar-refractivity contribution in [3.05, 3.63) is 65.4 Å². The van der Waals surface area contributed by atoms with E-state index in [2.05, 4.69) is 5.10 Å². The number of carbonyl (C=O) groups is 1. The molecule has 0 radical (unpaired) electrons. The molecule has 1 aromatic carbocycles. The number of aromatic nitrogens is 2. The van der Waals surface area contributed by atoms with E-state index in [1.165, 1.54) is 36.5 Å². The molecule has 1 aliphatic rings. The third-order valence-corrected chi connectivity index (χ3v) is 7.71. The Labute approximate surface area is 194 Å². The highest BCUT2D eigenvalue weighted by atomic mass is 32.2. The van der Waals surface area contributed by atoms with Crippen molar-refractivity contribution in [2.75, 3.05) is 17.4 Å². The lowest BCUT2D eigenvalue weighted by Crippen LogP contribution is -2.40. The Kier molecular flexibility index (Phi) is 6.19. The van der Waals surface area contributed by atoms with E-state index in [1.807, 2.05) is 12.1 Å². The molecule has 0 unspecified atom stereocenters. The summed E-state index contributed by atoms with van der Waals surface area (Å²) >= 11 is 0. The van der Waals surface area contributed by atoms with Crippen molar-refractivity contribution >= 4 is 21.6 Å². The largest absolute Gasteiger partial charge is 0.467 e. The van der Waals surface area contributed by atoms with Crippen LogP contribution in [0.25, 0.3) is 0 Å². The topological polar surface area (TPSA) is 88.6 Å². The molecular formula is C22H23F3N4O4S. The molecule has 0 atom stereocenters. The monoisotopic (exact) mass is 496 g/mol. The second-order valence-corrected chi connectivity index (χ2v) is 9.86. The van der Waals surface area contributed by atoms with Gasteiger partial charge in [0.25, 0.3) is 10.0 Å². The van der Waals surface area contributed by atoms with Gasteiger partial charge in [-0.25, -0.2) is 8.42 Å². The van der Waals surface area contributed by atoms with Gasteiger partial charge >= 0.3 is 6.18 Å². The third-order valence-electron chi connectivity index (χ3n) is 5.64. The average molecular weight is 497 g/mol. The van der Waals surface area contributed by atoms with Crippen LogP contribution in [0.1, 0.15) is 22.7 Å². The Balaban J connectivity index is 1.61. The lowest BCUT2D eigenvalue weighted by atomic mass is 10.2. The molecule has 1 aliphatic heterocycles. The third kappa shape index (κ3) is 4.67. The second-order valence-electron chi connectivity index (χ2n) is 8.06. The Morgan fingerprint density at radius 3 is 2.59 bits per heavy atom. The maximum Gasteiger partial charge on any atom is 0.406 e. The second kappa shape index (κ2) is 8.82. The number of furan rings is 1. The van der Waals surface area contributed by atoms with E-state index in [9.17, 15) is 26.4 Å². The van der Waals surface area contributed by atoms with Gasteiger partial charge in [-0.2, -0.15) is 18.3 Å². The van der Waals surface area contributed by atoms with Crippen LogP contribution in [0.15, 0.2) is 52.0 Å². The number of sulfonamides is 1. The van der Waals surface area contributed by atoms with E-state index in [4.69, 9.17) is 4.42 Å². The Morgan fingerprint density at radius 2 is 1.91 bits per heavy atom. The van der Waals surface area contributed by atoms with E-state index >= 15 is 0 Å². The van der Waals surface area contributed by atoms with Gasteiger partial charge in [0.1, 0.15) is 23.7 Å². The summed E-state index contributed by atoms with van der Waals surface area (Å²) in [6.07, 6.45) is -2.74. The Bertz CT molecular complexity index is 1300. The quantitative estimate of drug-likeness (QED) is 0.500. The number of nitrogens with zero attached hydrogens (tertiary/aromatic N) is 4. The molecule has 0 fully saturated rings. The summed E-state index contributed by atoms with van der Waals surface area (Å²) in [7, 11) is -3.99. The van der Waals surface area contributed by atoms with Crippen molar-refractivity contribution in [2.24, 2.45) is 0 Å². The van der Waals surface area contributed by atoms with E-state index in [0.29, 0.717) is 17.0 Å². The predicted octanol–water partition coefficient (Wildman–Crippen LogP) is 3.44. The number of benzene rings is 1. The summed E-state index contributed by atoms with van der Waals surface area (Å²) in [4.78, 5) is 13.4. The number of aryl methyl sites for hydroxylation is 1. The fourth-order valence-electron chi connectivity index (χ4n) is 4.14. The highest BCUT2D eigenvalue weighted by molar-refractivity contribution is 7.93. The molecular weight excluding hydrogens is 473 g/mol. The van der Waals surface area contributed by atoms with Crippen molar-refractivity contribution in [1.82, 2.24) is 14.7 Å². The van der Waals surface area contributed by atoms with E-state index in [-0.39, 0.29) is 35.1 Å². The minimum atomic E-state index is -4.62. The molecule has 0 aliphatic carbocycles. The number of fused-ring (bicyclic) bond motifs is 1. The number of para-hydroxylation sites is 1. The molecule has 8 nitrogen and oxygen atoms in total. The first-order valence-electron chi connectivity index (χ1n) is 10.5. The maximum absolute atomic E-state index is 13.5. The molecule has 0 saturated heterocycles. The summed E-state index contributed by atoms with van der Waals surface area (Å²) in [5, 5.41) is 4.18. The lowest BCUT2D eigenvalue weighted by molar-refractivity contribution is -0.163. The van der Waals surface area contributed by atoms with Gasteiger partial charge in [0.05, 0.1) is 29.9 Å². The summed E-state index contributed by atoms with van der Waals surface area (Å²) in [6, 6.07) is 10.2. The molecule has 12 heteroatoms. The van der Waals surface area contributed by atoms with Crippen LogP contribution in [0.4, 0.5) is 18.9 Å². The first kappa shape index (κ1) is 23.9.